The van der Waals surface area contributed by atoms with Crippen LogP contribution in [0.5, 0.6) is 0 Å². The Morgan fingerprint density at radius 2 is 1.59 bits per heavy atom. The first-order valence-corrected chi connectivity index (χ1v) is 11.4. The van der Waals surface area contributed by atoms with E-state index in [1.165, 1.54) is 11.1 Å². The molecular formula is C22H22ClF3N2O3S. The Balaban J connectivity index is 0.000000390. The summed E-state index contributed by atoms with van der Waals surface area (Å²) in [5.74, 6) is 0. The Morgan fingerprint density at radius 1 is 1.00 bits per heavy atom. The van der Waals surface area contributed by atoms with E-state index in [-0.39, 0.29) is 0 Å². The molecule has 0 spiro atoms. The SMILES string of the molecule is CCn1ccc(=Nc2ccccc2CCc2ccccc2)c(Cl)c1.O=S(=O)(O)C(F)(F)F. The zero-order valence-electron chi connectivity index (χ0n) is 17.1. The number of hydrogen-bond donors (Lipinski definition) is 1. The van der Waals surface area contributed by atoms with E-state index in [0.29, 0.717) is 5.02 Å². The largest absolute Gasteiger partial charge is 0.522 e. The van der Waals surface area contributed by atoms with Crippen molar-refractivity contribution in [3.8, 4) is 0 Å². The molecule has 3 rings (SSSR count). The number of rotatable bonds is 5. The lowest BCUT2D eigenvalue weighted by atomic mass is 10.0. The molecule has 32 heavy (non-hydrogen) atoms. The fourth-order valence-electron chi connectivity index (χ4n) is 2.67. The third kappa shape index (κ3) is 7.81. The van der Waals surface area contributed by atoms with Crippen molar-refractivity contribution in [1.82, 2.24) is 4.57 Å². The normalized spacial score (nSPS) is 12.2. The maximum absolute atomic E-state index is 10.7. The fourth-order valence-corrected chi connectivity index (χ4v) is 2.90. The smallest absolute Gasteiger partial charge is 0.353 e. The van der Waals surface area contributed by atoms with Gasteiger partial charge >= 0.3 is 15.6 Å². The van der Waals surface area contributed by atoms with E-state index in [4.69, 9.17) is 29.6 Å². The van der Waals surface area contributed by atoms with Crippen molar-refractivity contribution in [1.29, 1.82) is 0 Å². The predicted molar refractivity (Wildman–Crippen MR) is 118 cm³/mol. The van der Waals surface area contributed by atoms with Gasteiger partial charge in [-0.05, 0) is 43.0 Å². The summed E-state index contributed by atoms with van der Waals surface area (Å²) in [4.78, 5) is 4.78. The second kappa shape index (κ2) is 11.3. The van der Waals surface area contributed by atoms with Gasteiger partial charge in [0.25, 0.3) is 0 Å². The molecule has 1 N–H and O–H groups in total. The lowest BCUT2D eigenvalue weighted by molar-refractivity contribution is -0.0510. The Hall–Kier alpha value is -2.62. The Labute approximate surface area is 189 Å². The molecule has 0 unspecified atom stereocenters. The van der Waals surface area contributed by atoms with Crippen LogP contribution in [0.2, 0.25) is 5.02 Å². The fraction of sp³-hybridized carbons (Fsp3) is 0.227. The summed E-state index contributed by atoms with van der Waals surface area (Å²) in [6.45, 7) is 2.99. The van der Waals surface area contributed by atoms with Gasteiger partial charge in [-0.3, -0.25) is 4.55 Å². The van der Waals surface area contributed by atoms with E-state index in [2.05, 4.69) is 49.4 Å². The first-order valence-electron chi connectivity index (χ1n) is 9.57. The molecule has 0 saturated carbocycles. The van der Waals surface area contributed by atoms with Gasteiger partial charge in [-0.2, -0.15) is 21.6 Å². The molecule has 0 saturated heterocycles. The number of aryl methyl sites for hydroxylation is 3. The summed E-state index contributed by atoms with van der Waals surface area (Å²) < 4.78 is 59.6. The first kappa shape index (κ1) is 25.6. The molecule has 0 aliphatic heterocycles. The number of nitrogens with zero attached hydrogens (tertiary/aromatic N) is 2. The summed E-state index contributed by atoms with van der Waals surface area (Å²) in [6.07, 6.45) is 5.90. The van der Waals surface area contributed by atoms with Crippen LogP contribution in [0.3, 0.4) is 0 Å². The van der Waals surface area contributed by atoms with Crippen molar-refractivity contribution in [2.24, 2.45) is 4.99 Å². The van der Waals surface area contributed by atoms with Crippen molar-refractivity contribution in [3.05, 3.63) is 94.6 Å². The molecule has 0 aliphatic carbocycles. The number of aromatic nitrogens is 1. The zero-order valence-corrected chi connectivity index (χ0v) is 18.7. The summed E-state index contributed by atoms with van der Waals surface area (Å²) in [6, 6.07) is 20.8. The third-order valence-electron chi connectivity index (χ3n) is 4.36. The van der Waals surface area contributed by atoms with Crippen molar-refractivity contribution in [2.75, 3.05) is 0 Å². The highest BCUT2D eigenvalue weighted by atomic mass is 35.5. The molecule has 1 heterocycles. The van der Waals surface area contributed by atoms with E-state index < -0.39 is 15.6 Å². The van der Waals surface area contributed by atoms with Gasteiger partial charge in [-0.25, -0.2) is 4.99 Å². The zero-order chi connectivity index (χ0) is 23.8. The summed E-state index contributed by atoms with van der Waals surface area (Å²) in [7, 11) is -5.84. The highest BCUT2D eigenvalue weighted by molar-refractivity contribution is 7.86. The second-order valence-corrected chi connectivity index (χ2v) is 8.48. The molecule has 0 bridgehead atoms. The lowest BCUT2D eigenvalue weighted by Gasteiger charge is -2.07. The molecule has 0 amide bonds. The van der Waals surface area contributed by atoms with Crippen LogP contribution in [0.1, 0.15) is 18.1 Å². The first-order chi connectivity index (χ1) is 15.0. The number of pyridine rings is 1. The third-order valence-corrected chi connectivity index (χ3v) is 5.24. The highest BCUT2D eigenvalue weighted by Gasteiger charge is 2.44. The number of halogens is 4. The van der Waals surface area contributed by atoms with Crippen molar-refractivity contribution in [3.63, 3.8) is 0 Å². The van der Waals surface area contributed by atoms with Crippen molar-refractivity contribution in [2.45, 2.75) is 31.8 Å². The topological polar surface area (TPSA) is 71.7 Å². The summed E-state index contributed by atoms with van der Waals surface area (Å²) in [5, 5.41) is 1.49. The van der Waals surface area contributed by atoms with E-state index in [1.807, 2.05) is 35.2 Å². The Bertz CT molecular complexity index is 1190. The Kier molecular flexibility index (Phi) is 9.06. The standard InChI is InChI=1S/C21H21ClN2.CHF3O3S/c1-2-24-15-14-21(19(22)16-24)23-20-11-7-6-10-18(20)13-12-17-8-4-3-5-9-17;2-1(3,4)8(5,6)7/h3-11,14-16H,2,12-13H2,1H3;(H,5,6,7). The van der Waals surface area contributed by atoms with E-state index >= 15 is 0 Å². The molecule has 0 atom stereocenters. The molecule has 0 radical (unpaired) electrons. The van der Waals surface area contributed by atoms with E-state index in [9.17, 15) is 13.2 Å². The van der Waals surface area contributed by atoms with Crippen LogP contribution in [0.15, 0.2) is 78.0 Å². The molecule has 3 aromatic rings. The van der Waals surface area contributed by atoms with E-state index in [1.54, 1.807) is 0 Å². The number of para-hydroxylation sites is 1. The molecule has 0 aliphatic rings. The van der Waals surface area contributed by atoms with Crippen LogP contribution in [0.4, 0.5) is 18.9 Å². The van der Waals surface area contributed by atoms with Crippen LogP contribution in [0, 0.1) is 0 Å². The molecule has 1 aromatic heterocycles. The van der Waals surface area contributed by atoms with Crippen LogP contribution >= 0.6 is 11.6 Å². The van der Waals surface area contributed by atoms with Gasteiger partial charge in [0.2, 0.25) is 0 Å². The lowest BCUT2D eigenvalue weighted by Crippen LogP contribution is -2.21. The number of benzene rings is 2. The monoisotopic (exact) mass is 486 g/mol. The van der Waals surface area contributed by atoms with Gasteiger partial charge in [0.1, 0.15) is 0 Å². The molecule has 2 aromatic carbocycles. The summed E-state index contributed by atoms with van der Waals surface area (Å²) >= 11 is 6.37. The quantitative estimate of drug-likeness (QED) is 0.378. The minimum absolute atomic E-state index is 0.678. The molecule has 10 heteroatoms. The van der Waals surface area contributed by atoms with Gasteiger partial charge in [0, 0.05) is 18.9 Å². The van der Waals surface area contributed by atoms with Crippen LogP contribution in [0.25, 0.3) is 0 Å². The van der Waals surface area contributed by atoms with Crippen LogP contribution in [-0.2, 0) is 29.5 Å². The Morgan fingerprint density at radius 3 is 2.16 bits per heavy atom. The van der Waals surface area contributed by atoms with Gasteiger partial charge < -0.3 is 4.57 Å². The van der Waals surface area contributed by atoms with Crippen molar-refractivity contribution >= 4 is 27.4 Å². The maximum Gasteiger partial charge on any atom is 0.522 e. The van der Waals surface area contributed by atoms with Gasteiger partial charge in [-0.1, -0.05) is 60.1 Å². The van der Waals surface area contributed by atoms with Gasteiger partial charge in [0.05, 0.1) is 16.1 Å². The molecular weight excluding hydrogens is 465 g/mol. The summed E-state index contributed by atoms with van der Waals surface area (Å²) in [5.41, 5.74) is -1.96. The second-order valence-electron chi connectivity index (χ2n) is 6.66. The minimum atomic E-state index is -5.84. The molecule has 0 fully saturated rings. The van der Waals surface area contributed by atoms with Crippen molar-refractivity contribution < 1.29 is 26.1 Å². The molecule has 5 nitrogen and oxygen atoms in total. The minimum Gasteiger partial charge on any atom is -0.353 e. The number of alkyl halides is 3. The van der Waals surface area contributed by atoms with Crippen LogP contribution in [-0.4, -0.2) is 23.0 Å². The van der Waals surface area contributed by atoms with E-state index in [0.717, 1.165) is 30.4 Å². The van der Waals surface area contributed by atoms with Gasteiger partial charge in [-0.15, -0.1) is 0 Å². The highest BCUT2D eigenvalue weighted by Crippen LogP contribution is 2.21. The average molecular weight is 487 g/mol. The maximum atomic E-state index is 10.7. The number of hydrogen-bond acceptors (Lipinski definition) is 3. The van der Waals surface area contributed by atoms with Crippen LogP contribution < -0.4 is 5.36 Å². The van der Waals surface area contributed by atoms with Gasteiger partial charge in [0.15, 0.2) is 0 Å². The average Bonchev–Trinajstić information content (AvgIpc) is 2.74. The predicted octanol–water partition coefficient (Wildman–Crippen LogP) is 5.57. The molecule has 172 valence electrons.